The Balaban J connectivity index is 1.84. The fraction of sp³-hybridized carbons (Fsp3) is 0.0455. The van der Waals surface area contributed by atoms with Gasteiger partial charge in [-0.05, 0) is 11.1 Å². The van der Waals surface area contributed by atoms with Crippen molar-refractivity contribution in [3.63, 3.8) is 0 Å². The van der Waals surface area contributed by atoms with E-state index in [1.165, 1.54) is 0 Å². The number of hydrogen-bond donors (Lipinski definition) is 1. The Labute approximate surface area is 146 Å². The quantitative estimate of drug-likeness (QED) is 0.714. The lowest BCUT2D eigenvalue weighted by Gasteiger charge is -2.13. The van der Waals surface area contributed by atoms with Gasteiger partial charge in [-0.25, -0.2) is 0 Å². The molecule has 0 saturated carbocycles. The Hall–Kier alpha value is -3.17. The number of carbonyl (C=O) groups is 1. The van der Waals surface area contributed by atoms with Crippen molar-refractivity contribution in [2.45, 2.75) is 6.10 Å². The SMILES string of the molecule is O=C(C1=C(c2ccccc2)C(c2ccccc2)ON1)c1ccccc1. The van der Waals surface area contributed by atoms with Crippen LogP contribution in [0.1, 0.15) is 27.6 Å². The van der Waals surface area contributed by atoms with Crippen LogP contribution in [0.2, 0.25) is 0 Å². The van der Waals surface area contributed by atoms with Gasteiger partial charge < -0.3 is 0 Å². The molecule has 122 valence electrons. The summed E-state index contributed by atoms with van der Waals surface area (Å²) >= 11 is 0. The van der Waals surface area contributed by atoms with Crippen LogP contribution in [0.5, 0.6) is 0 Å². The maximum Gasteiger partial charge on any atom is 0.211 e. The maximum absolute atomic E-state index is 13.0. The lowest BCUT2D eigenvalue weighted by Crippen LogP contribution is -2.15. The van der Waals surface area contributed by atoms with E-state index in [0.717, 1.165) is 16.7 Å². The van der Waals surface area contributed by atoms with E-state index in [9.17, 15) is 4.79 Å². The zero-order valence-electron chi connectivity index (χ0n) is 13.6. The Kier molecular flexibility index (Phi) is 4.15. The van der Waals surface area contributed by atoms with Gasteiger partial charge in [0.25, 0.3) is 0 Å². The fourth-order valence-electron chi connectivity index (χ4n) is 3.04. The van der Waals surface area contributed by atoms with E-state index in [2.05, 4.69) is 5.48 Å². The summed E-state index contributed by atoms with van der Waals surface area (Å²) in [5.74, 6) is -0.0714. The van der Waals surface area contributed by atoms with Crippen molar-refractivity contribution in [2.75, 3.05) is 0 Å². The second kappa shape index (κ2) is 6.75. The first-order chi connectivity index (χ1) is 12.3. The minimum atomic E-state index is -0.328. The highest BCUT2D eigenvalue weighted by Gasteiger charge is 2.33. The van der Waals surface area contributed by atoms with Crippen molar-refractivity contribution in [1.29, 1.82) is 0 Å². The van der Waals surface area contributed by atoms with E-state index in [4.69, 9.17) is 4.84 Å². The third-order valence-corrected chi connectivity index (χ3v) is 4.26. The summed E-state index contributed by atoms with van der Waals surface area (Å²) in [6, 6.07) is 29.1. The number of allylic oxidation sites excluding steroid dienone is 1. The first-order valence-electron chi connectivity index (χ1n) is 8.20. The van der Waals surface area contributed by atoms with Gasteiger partial charge in [0.15, 0.2) is 0 Å². The van der Waals surface area contributed by atoms with Crippen LogP contribution >= 0.6 is 0 Å². The molecule has 0 saturated heterocycles. The maximum atomic E-state index is 13.0. The Morgan fingerprint density at radius 1 is 0.760 bits per heavy atom. The number of rotatable bonds is 4. The topological polar surface area (TPSA) is 38.3 Å². The molecular formula is C22H17NO2. The van der Waals surface area contributed by atoms with Gasteiger partial charge in [-0.2, -0.15) is 0 Å². The first kappa shape index (κ1) is 15.4. The van der Waals surface area contributed by atoms with Gasteiger partial charge in [0.1, 0.15) is 11.8 Å². The zero-order valence-corrected chi connectivity index (χ0v) is 13.6. The second-order valence-corrected chi connectivity index (χ2v) is 5.86. The van der Waals surface area contributed by atoms with Gasteiger partial charge >= 0.3 is 0 Å². The van der Waals surface area contributed by atoms with Gasteiger partial charge in [0.2, 0.25) is 5.78 Å². The predicted molar refractivity (Wildman–Crippen MR) is 97.5 cm³/mol. The highest BCUT2D eigenvalue weighted by Crippen LogP contribution is 2.39. The van der Waals surface area contributed by atoms with Crippen LogP contribution in [0, 0.1) is 0 Å². The molecule has 1 aliphatic heterocycles. The van der Waals surface area contributed by atoms with E-state index in [-0.39, 0.29) is 11.9 Å². The minimum absolute atomic E-state index is 0.0714. The molecule has 1 atom stereocenters. The molecule has 1 unspecified atom stereocenters. The molecule has 1 heterocycles. The highest BCUT2D eigenvalue weighted by atomic mass is 16.7. The molecule has 0 spiro atoms. The molecule has 3 heteroatoms. The van der Waals surface area contributed by atoms with E-state index in [0.29, 0.717) is 11.3 Å². The van der Waals surface area contributed by atoms with Gasteiger partial charge in [0.05, 0.1) is 0 Å². The molecule has 1 N–H and O–H groups in total. The molecule has 0 amide bonds. The van der Waals surface area contributed by atoms with Crippen molar-refractivity contribution in [1.82, 2.24) is 5.48 Å². The second-order valence-electron chi connectivity index (χ2n) is 5.86. The van der Waals surface area contributed by atoms with Crippen LogP contribution in [0.3, 0.4) is 0 Å². The molecule has 0 radical (unpaired) electrons. The summed E-state index contributed by atoms with van der Waals surface area (Å²) in [5.41, 5.74) is 6.85. The summed E-state index contributed by atoms with van der Waals surface area (Å²) in [5, 5.41) is 0. The van der Waals surface area contributed by atoms with Crippen LogP contribution in [-0.4, -0.2) is 5.78 Å². The van der Waals surface area contributed by atoms with Crippen molar-refractivity contribution in [3.8, 4) is 0 Å². The Morgan fingerprint density at radius 3 is 1.96 bits per heavy atom. The van der Waals surface area contributed by atoms with E-state index in [1.54, 1.807) is 0 Å². The third-order valence-electron chi connectivity index (χ3n) is 4.26. The largest absolute Gasteiger partial charge is 0.287 e. The molecule has 25 heavy (non-hydrogen) atoms. The van der Waals surface area contributed by atoms with Gasteiger partial charge in [0, 0.05) is 11.1 Å². The van der Waals surface area contributed by atoms with E-state index in [1.807, 2.05) is 91.0 Å². The monoisotopic (exact) mass is 327 g/mol. The van der Waals surface area contributed by atoms with Crippen molar-refractivity contribution >= 4 is 11.4 Å². The molecule has 0 aliphatic carbocycles. The molecule has 0 bridgehead atoms. The molecule has 0 aromatic heterocycles. The smallest absolute Gasteiger partial charge is 0.211 e. The van der Waals surface area contributed by atoms with Gasteiger partial charge in [-0.3, -0.25) is 15.1 Å². The molecule has 3 aromatic carbocycles. The molecule has 0 fully saturated rings. The molecule has 4 rings (SSSR count). The van der Waals surface area contributed by atoms with Crippen LogP contribution in [-0.2, 0) is 4.84 Å². The molecule has 3 aromatic rings. The van der Waals surface area contributed by atoms with Crippen molar-refractivity contribution < 1.29 is 9.63 Å². The van der Waals surface area contributed by atoms with Crippen LogP contribution < -0.4 is 5.48 Å². The van der Waals surface area contributed by atoms with Crippen LogP contribution in [0.15, 0.2) is 96.7 Å². The number of benzene rings is 3. The fourth-order valence-corrected chi connectivity index (χ4v) is 3.04. The third kappa shape index (κ3) is 2.97. The minimum Gasteiger partial charge on any atom is -0.287 e. The average Bonchev–Trinajstić information content (AvgIpc) is 3.14. The zero-order chi connectivity index (χ0) is 17.1. The lowest BCUT2D eigenvalue weighted by molar-refractivity contribution is 0.0433. The van der Waals surface area contributed by atoms with E-state index >= 15 is 0 Å². The number of carbonyl (C=O) groups excluding carboxylic acids is 1. The van der Waals surface area contributed by atoms with Crippen LogP contribution in [0.25, 0.3) is 5.57 Å². The normalized spacial score (nSPS) is 16.6. The summed E-state index contributed by atoms with van der Waals surface area (Å²) in [7, 11) is 0. The molecular weight excluding hydrogens is 310 g/mol. The lowest BCUT2D eigenvalue weighted by atomic mass is 9.92. The Bertz CT molecular complexity index is 903. The highest BCUT2D eigenvalue weighted by molar-refractivity contribution is 6.13. The number of ketones is 1. The van der Waals surface area contributed by atoms with Gasteiger partial charge in [-0.1, -0.05) is 91.0 Å². The first-order valence-corrected chi connectivity index (χ1v) is 8.20. The summed E-state index contributed by atoms with van der Waals surface area (Å²) in [4.78, 5) is 18.8. The van der Waals surface area contributed by atoms with Crippen molar-refractivity contribution in [2.24, 2.45) is 0 Å². The van der Waals surface area contributed by atoms with Crippen molar-refractivity contribution in [3.05, 3.63) is 113 Å². The van der Waals surface area contributed by atoms with E-state index < -0.39 is 0 Å². The number of nitrogens with one attached hydrogen (secondary N) is 1. The Morgan fingerprint density at radius 2 is 1.32 bits per heavy atom. The summed E-state index contributed by atoms with van der Waals surface area (Å²) in [6.07, 6.45) is -0.328. The number of Topliss-reactive ketones (excluding diaryl/α,β-unsaturated/α-hetero) is 1. The van der Waals surface area contributed by atoms with Crippen LogP contribution in [0.4, 0.5) is 0 Å². The summed E-state index contributed by atoms with van der Waals surface area (Å²) in [6.45, 7) is 0. The standard InChI is InChI=1S/C22H17NO2/c24-21(17-12-6-2-7-13-17)20-19(16-10-4-1-5-11-16)22(25-23-20)18-14-8-3-9-15-18/h1-15,22-23H. The predicted octanol–water partition coefficient (Wildman–Crippen LogP) is 4.56. The number of hydrogen-bond acceptors (Lipinski definition) is 3. The summed E-state index contributed by atoms with van der Waals surface area (Å²) < 4.78 is 0. The average molecular weight is 327 g/mol. The van der Waals surface area contributed by atoms with Gasteiger partial charge in [-0.15, -0.1) is 0 Å². The molecule has 3 nitrogen and oxygen atoms in total. The number of hydroxylamine groups is 1. The molecule has 1 aliphatic rings.